The van der Waals surface area contributed by atoms with E-state index in [2.05, 4.69) is 0 Å². The molecule has 0 spiro atoms. The molecule has 1 unspecified atom stereocenters. The van der Waals surface area contributed by atoms with Gasteiger partial charge in [-0.1, -0.05) is 109 Å². The molecule has 1 aliphatic rings. The fraction of sp³-hybridized carbons (Fsp3) is 0.0222. The van der Waals surface area contributed by atoms with Gasteiger partial charge < -0.3 is 61.2 Å². The second-order valence-corrected chi connectivity index (χ2v) is 13.9. The second kappa shape index (κ2) is 13.0. The molecule has 1 aliphatic heterocycles. The number of hydrogen-bond donors (Lipinski definition) is 11. The lowest BCUT2D eigenvalue weighted by Gasteiger charge is -2.16. The van der Waals surface area contributed by atoms with E-state index in [4.69, 9.17) is 20.1 Å². The van der Waals surface area contributed by atoms with Crippen molar-refractivity contribution in [1.82, 2.24) is 0 Å². The van der Waals surface area contributed by atoms with Crippen LogP contribution in [0.2, 0.25) is 0 Å². The van der Waals surface area contributed by atoms with Gasteiger partial charge in [-0.3, -0.25) is 0 Å². The van der Waals surface area contributed by atoms with Gasteiger partial charge in [-0.2, -0.15) is 0 Å². The zero-order valence-electron chi connectivity index (χ0n) is 30.3. The molecule has 7 aromatic carbocycles. The summed E-state index contributed by atoms with van der Waals surface area (Å²) in [6, 6.07) is 35.4. The zero-order valence-corrected chi connectivity index (χ0v) is 30.3. The number of fused-ring (bicyclic) bond motifs is 3. The summed E-state index contributed by atoms with van der Waals surface area (Å²) < 4.78 is 5.93. The molecule has 0 saturated carbocycles. The lowest BCUT2D eigenvalue weighted by molar-refractivity contribution is 0.329. The molecule has 1 atom stereocenters. The van der Waals surface area contributed by atoms with Crippen molar-refractivity contribution < 1.29 is 55.5 Å². The third kappa shape index (κ3) is 5.42. The van der Waals surface area contributed by atoms with E-state index in [-0.39, 0.29) is 22.4 Å². The summed E-state index contributed by atoms with van der Waals surface area (Å²) in [7, 11) is 0. The molecule has 2 heterocycles. The molecule has 0 radical (unpaired) electrons. The van der Waals surface area contributed by atoms with Gasteiger partial charge in [0.25, 0.3) is 0 Å². The van der Waals surface area contributed by atoms with Crippen LogP contribution in [-0.4, -0.2) is 62.6 Å². The Kier molecular flexibility index (Phi) is 7.98. The average Bonchev–Trinajstić information content (AvgIpc) is 3.85. The first kappa shape index (κ1) is 36.1. The van der Waals surface area contributed by atoms with E-state index in [1.807, 2.05) is 97.1 Å². The molecule has 59 heavy (non-hydrogen) atoms. The van der Waals surface area contributed by atoms with Crippen molar-refractivity contribution in [2.45, 2.75) is 5.66 Å². The van der Waals surface area contributed by atoms with E-state index in [0.717, 1.165) is 22.3 Å². The maximum absolute atomic E-state index is 11.7. The van der Waals surface area contributed by atoms with Gasteiger partial charge in [0.1, 0.15) is 17.1 Å². The lowest BCUT2D eigenvalue weighted by Crippen LogP contribution is -2.23. The van der Waals surface area contributed by atoms with Crippen molar-refractivity contribution in [2.75, 3.05) is 0 Å². The van der Waals surface area contributed by atoms with Crippen molar-refractivity contribution in [1.29, 1.82) is 0 Å². The summed E-state index contributed by atoms with van der Waals surface area (Å²) >= 11 is 0. The van der Waals surface area contributed by atoms with Gasteiger partial charge in [-0.05, 0) is 28.3 Å². The van der Waals surface area contributed by atoms with Crippen LogP contribution in [0.4, 0.5) is 0 Å². The fourth-order valence-electron chi connectivity index (χ4n) is 7.39. The van der Waals surface area contributed by atoms with E-state index in [9.17, 15) is 51.1 Å². The van der Waals surface area contributed by atoms with E-state index < -0.39 is 85.3 Å². The number of phenolic OH excluding ortho intramolecular Hbond substituents is 10. The van der Waals surface area contributed by atoms with Crippen LogP contribution in [0, 0.1) is 0 Å². The largest absolute Gasteiger partial charge is 0.504 e. The van der Waals surface area contributed by atoms with Gasteiger partial charge in [0.05, 0.1) is 27.5 Å². The summed E-state index contributed by atoms with van der Waals surface area (Å²) in [6.07, 6.45) is 0. The summed E-state index contributed by atoms with van der Waals surface area (Å²) in [5.41, 5.74) is 7.30. The Balaban J connectivity index is 1.21. The number of amidine groups is 1. The number of hydrogen-bond acceptors (Lipinski definition) is 13. The third-order valence-electron chi connectivity index (χ3n) is 10.5. The molecule has 0 amide bonds. The molecule has 0 saturated heterocycles. The molecular formula is C45H31N3O11. The number of furan rings is 1. The van der Waals surface area contributed by atoms with E-state index in [1.165, 1.54) is 6.07 Å². The van der Waals surface area contributed by atoms with Crippen molar-refractivity contribution in [3.63, 3.8) is 0 Å². The lowest BCUT2D eigenvalue weighted by atomic mass is 9.93. The summed E-state index contributed by atoms with van der Waals surface area (Å²) in [4.78, 5) is 9.57. The van der Waals surface area contributed by atoms with Crippen LogP contribution >= 0.6 is 0 Å². The molecule has 14 nitrogen and oxygen atoms in total. The van der Waals surface area contributed by atoms with Gasteiger partial charge in [-0.25, -0.2) is 9.98 Å². The number of nitrogens with two attached hydrogens (primary N) is 1. The number of benzene rings is 7. The van der Waals surface area contributed by atoms with Crippen molar-refractivity contribution >= 4 is 33.5 Å². The Morgan fingerprint density at radius 2 is 0.915 bits per heavy atom. The smallest absolute Gasteiger partial charge is 0.224 e. The molecular weight excluding hydrogens is 759 g/mol. The first-order chi connectivity index (χ1) is 28.3. The van der Waals surface area contributed by atoms with Crippen LogP contribution in [0.25, 0.3) is 55.3 Å². The number of nitrogens with zero attached hydrogens (tertiary/aromatic N) is 2. The first-order valence-corrected chi connectivity index (χ1v) is 17.9. The molecule has 292 valence electrons. The highest BCUT2D eigenvalue weighted by atomic mass is 16.4. The van der Waals surface area contributed by atoms with Crippen LogP contribution in [0.3, 0.4) is 0 Å². The predicted molar refractivity (Wildman–Crippen MR) is 218 cm³/mol. The van der Waals surface area contributed by atoms with Gasteiger partial charge in [-0.15, -0.1) is 0 Å². The Morgan fingerprint density at radius 1 is 0.475 bits per heavy atom. The second-order valence-electron chi connectivity index (χ2n) is 13.9. The van der Waals surface area contributed by atoms with Crippen LogP contribution < -0.4 is 5.73 Å². The van der Waals surface area contributed by atoms with E-state index >= 15 is 0 Å². The van der Waals surface area contributed by atoms with E-state index in [0.29, 0.717) is 16.8 Å². The van der Waals surface area contributed by atoms with Gasteiger partial charge in [0, 0.05) is 11.1 Å². The summed E-state index contributed by atoms with van der Waals surface area (Å²) in [6.45, 7) is 0. The van der Waals surface area contributed by atoms with Crippen LogP contribution in [0.15, 0.2) is 130 Å². The fourth-order valence-corrected chi connectivity index (χ4v) is 7.39. The molecule has 0 fully saturated rings. The Labute approximate surface area is 332 Å². The van der Waals surface area contributed by atoms with Gasteiger partial charge >= 0.3 is 0 Å². The zero-order chi connectivity index (χ0) is 41.5. The topological polar surface area (TPSA) is 266 Å². The standard InChI is InChI=1S/C45H31N3O11/c46-44(25-17-13-23(14-18-25)21-9-5-2-6-10-21)48-45(43(47-45)24-15-11-22(12-16-24)20-7-3-1-4-8-20)26-19-27-28(33(50)32(26)49)31-37(54)34(51)30(38(55)42(31)59-27)29-35(52)39(56)41(58)40(57)36(29)53/h1-19,49-58H,(H2,46,48). The molecule has 8 aromatic rings. The minimum atomic E-state index is -1.73. The number of rotatable bonds is 7. The van der Waals surface area contributed by atoms with Crippen LogP contribution in [-0.2, 0) is 5.66 Å². The van der Waals surface area contributed by atoms with Crippen LogP contribution in [0.1, 0.15) is 16.7 Å². The van der Waals surface area contributed by atoms with E-state index in [1.54, 1.807) is 12.1 Å². The quantitative estimate of drug-likeness (QED) is 0.0321. The monoisotopic (exact) mass is 789 g/mol. The predicted octanol–water partition coefficient (Wildman–Crippen LogP) is 7.70. The highest BCUT2D eigenvalue weighted by Crippen LogP contribution is 2.62. The van der Waals surface area contributed by atoms with Gasteiger partial charge in [0.2, 0.25) is 22.9 Å². The minimum absolute atomic E-state index is 0.0257. The normalized spacial score (nSPS) is 15.1. The number of aliphatic imine (C=N–C) groups is 2. The highest BCUT2D eigenvalue weighted by molar-refractivity contribution is 6.21. The third-order valence-corrected chi connectivity index (χ3v) is 10.5. The molecule has 12 N–H and O–H groups in total. The number of phenols is 10. The van der Waals surface area contributed by atoms with Crippen molar-refractivity contribution in [3.8, 4) is 90.9 Å². The maximum Gasteiger partial charge on any atom is 0.224 e. The Morgan fingerprint density at radius 3 is 1.47 bits per heavy atom. The SMILES string of the molecule is NC(=NC1(c2cc3oc4c(O)c(-c5c(O)c(O)c(O)c(O)c5O)c(O)c(O)c4c3c(O)c2O)N=C1c1ccc(-c2ccccc2)cc1)c1ccc(-c2ccccc2)cc1. The Hall–Kier alpha value is -8.52. The van der Waals surface area contributed by atoms with Crippen LogP contribution in [0.5, 0.6) is 57.5 Å². The van der Waals surface area contributed by atoms with Gasteiger partial charge in [0.15, 0.2) is 45.8 Å². The Bertz CT molecular complexity index is 3060. The molecule has 1 aromatic heterocycles. The minimum Gasteiger partial charge on any atom is -0.504 e. The molecule has 14 heteroatoms. The molecule has 0 bridgehead atoms. The number of aromatic hydroxyl groups is 10. The first-order valence-electron chi connectivity index (χ1n) is 17.9. The highest BCUT2D eigenvalue weighted by Gasteiger charge is 2.53. The molecule has 0 aliphatic carbocycles. The summed E-state index contributed by atoms with van der Waals surface area (Å²) in [5.74, 6) is -11.5. The van der Waals surface area contributed by atoms with Crippen molar-refractivity contribution in [3.05, 3.63) is 132 Å². The van der Waals surface area contributed by atoms with Crippen molar-refractivity contribution in [2.24, 2.45) is 15.7 Å². The molecule has 9 rings (SSSR count). The average molecular weight is 790 g/mol. The maximum atomic E-state index is 11.7. The summed E-state index contributed by atoms with van der Waals surface area (Å²) in [5, 5.41) is 108.